The molecule has 0 amide bonds. The second kappa shape index (κ2) is 5.41. The summed E-state index contributed by atoms with van der Waals surface area (Å²) in [6.07, 6.45) is 2.26. The molecule has 1 aliphatic heterocycles. The van der Waals surface area contributed by atoms with E-state index in [0.29, 0.717) is 12.6 Å². The molecule has 0 aliphatic carbocycles. The Labute approximate surface area is 96.2 Å². The van der Waals surface area contributed by atoms with E-state index in [1.807, 2.05) is 19.1 Å². The zero-order chi connectivity index (χ0) is 11.4. The number of aryl methyl sites for hydroxylation is 1. The highest BCUT2D eigenvalue weighted by molar-refractivity contribution is 5.23. The van der Waals surface area contributed by atoms with E-state index in [1.54, 1.807) is 6.07 Å². The standard InChI is InChI=1S/C13H19FN2/c1-10-2-3-11(13(14)8-10)9-16-12-4-6-15-7-5-12/h2-3,8,12,15-16H,4-7,9H2,1H3. The van der Waals surface area contributed by atoms with Gasteiger partial charge in [0.15, 0.2) is 0 Å². The van der Waals surface area contributed by atoms with Crippen molar-refractivity contribution in [2.24, 2.45) is 0 Å². The fourth-order valence-electron chi connectivity index (χ4n) is 2.08. The first-order valence-corrected chi connectivity index (χ1v) is 5.95. The number of piperidine rings is 1. The molecule has 1 aromatic carbocycles. The summed E-state index contributed by atoms with van der Waals surface area (Å²) in [5, 5.41) is 6.74. The van der Waals surface area contributed by atoms with E-state index in [0.717, 1.165) is 37.1 Å². The first-order chi connectivity index (χ1) is 7.75. The Morgan fingerprint density at radius 3 is 2.81 bits per heavy atom. The lowest BCUT2D eigenvalue weighted by Crippen LogP contribution is -2.39. The molecule has 0 unspecified atom stereocenters. The molecule has 0 bridgehead atoms. The molecule has 1 saturated heterocycles. The SMILES string of the molecule is Cc1ccc(CNC2CCNCC2)c(F)c1. The van der Waals surface area contributed by atoms with Crippen LogP contribution in [-0.4, -0.2) is 19.1 Å². The van der Waals surface area contributed by atoms with Gasteiger partial charge in [0.2, 0.25) is 0 Å². The van der Waals surface area contributed by atoms with Crippen LogP contribution in [0.4, 0.5) is 4.39 Å². The normalized spacial score (nSPS) is 17.6. The molecule has 3 heteroatoms. The molecular weight excluding hydrogens is 203 g/mol. The van der Waals surface area contributed by atoms with Gasteiger partial charge in [0.1, 0.15) is 5.82 Å². The minimum Gasteiger partial charge on any atom is -0.317 e. The highest BCUT2D eigenvalue weighted by Gasteiger charge is 2.12. The van der Waals surface area contributed by atoms with Gasteiger partial charge in [-0.1, -0.05) is 12.1 Å². The molecule has 88 valence electrons. The smallest absolute Gasteiger partial charge is 0.127 e. The minimum atomic E-state index is -0.0959. The van der Waals surface area contributed by atoms with Crippen LogP contribution in [0.1, 0.15) is 24.0 Å². The highest BCUT2D eigenvalue weighted by Crippen LogP contribution is 2.11. The van der Waals surface area contributed by atoms with E-state index in [9.17, 15) is 4.39 Å². The summed E-state index contributed by atoms with van der Waals surface area (Å²) < 4.78 is 13.6. The quantitative estimate of drug-likeness (QED) is 0.817. The number of hydrogen-bond acceptors (Lipinski definition) is 2. The summed E-state index contributed by atoms with van der Waals surface area (Å²) in [5.41, 5.74) is 1.74. The molecule has 1 heterocycles. The van der Waals surface area contributed by atoms with Gasteiger partial charge < -0.3 is 10.6 Å². The zero-order valence-electron chi connectivity index (χ0n) is 9.72. The van der Waals surface area contributed by atoms with Crippen LogP contribution in [0.3, 0.4) is 0 Å². The van der Waals surface area contributed by atoms with Crippen molar-refractivity contribution in [1.29, 1.82) is 0 Å². The van der Waals surface area contributed by atoms with Crippen molar-refractivity contribution < 1.29 is 4.39 Å². The largest absolute Gasteiger partial charge is 0.317 e. The van der Waals surface area contributed by atoms with Crippen molar-refractivity contribution >= 4 is 0 Å². The van der Waals surface area contributed by atoms with Crippen LogP contribution in [0.5, 0.6) is 0 Å². The molecule has 2 N–H and O–H groups in total. The molecule has 0 atom stereocenters. The molecule has 1 aromatic rings. The van der Waals surface area contributed by atoms with Gasteiger partial charge in [-0.25, -0.2) is 4.39 Å². The van der Waals surface area contributed by atoms with E-state index in [-0.39, 0.29) is 5.82 Å². The molecule has 2 nitrogen and oxygen atoms in total. The second-order valence-corrected chi connectivity index (χ2v) is 4.50. The van der Waals surface area contributed by atoms with Crippen LogP contribution < -0.4 is 10.6 Å². The van der Waals surface area contributed by atoms with Crippen molar-refractivity contribution in [3.8, 4) is 0 Å². The van der Waals surface area contributed by atoms with Gasteiger partial charge in [-0.2, -0.15) is 0 Å². The molecule has 16 heavy (non-hydrogen) atoms. The van der Waals surface area contributed by atoms with E-state index in [1.165, 1.54) is 0 Å². The lowest BCUT2D eigenvalue weighted by Gasteiger charge is -2.23. The van der Waals surface area contributed by atoms with Crippen LogP contribution in [0, 0.1) is 12.7 Å². The number of halogens is 1. The number of nitrogens with one attached hydrogen (secondary N) is 2. The van der Waals surface area contributed by atoms with Crippen molar-refractivity contribution in [2.75, 3.05) is 13.1 Å². The van der Waals surface area contributed by atoms with Crippen molar-refractivity contribution in [2.45, 2.75) is 32.4 Å². The lowest BCUT2D eigenvalue weighted by atomic mass is 10.1. The maximum absolute atomic E-state index is 13.6. The third kappa shape index (κ3) is 3.03. The third-order valence-corrected chi connectivity index (χ3v) is 3.13. The molecule has 0 aromatic heterocycles. The van der Waals surface area contributed by atoms with Crippen LogP contribution in [0.25, 0.3) is 0 Å². The summed E-state index contributed by atoms with van der Waals surface area (Å²) in [6, 6.07) is 5.96. The fourth-order valence-corrected chi connectivity index (χ4v) is 2.08. The maximum Gasteiger partial charge on any atom is 0.127 e. The van der Waals surface area contributed by atoms with Crippen molar-refractivity contribution in [3.05, 3.63) is 35.1 Å². The first kappa shape index (κ1) is 11.6. The van der Waals surface area contributed by atoms with E-state index < -0.39 is 0 Å². The molecule has 2 rings (SSSR count). The third-order valence-electron chi connectivity index (χ3n) is 3.13. The fraction of sp³-hybridized carbons (Fsp3) is 0.538. The molecule has 0 radical (unpaired) electrons. The molecule has 0 saturated carbocycles. The summed E-state index contributed by atoms with van der Waals surface area (Å²) >= 11 is 0. The molecule has 1 fully saturated rings. The van der Waals surface area contributed by atoms with E-state index in [2.05, 4.69) is 10.6 Å². The Hall–Kier alpha value is -0.930. The maximum atomic E-state index is 13.6. The van der Waals surface area contributed by atoms with Gasteiger partial charge in [0.05, 0.1) is 0 Å². The number of rotatable bonds is 3. The van der Waals surface area contributed by atoms with E-state index >= 15 is 0 Å². The van der Waals surface area contributed by atoms with Gasteiger partial charge in [-0.05, 0) is 44.5 Å². The Balaban J connectivity index is 1.88. The highest BCUT2D eigenvalue weighted by atomic mass is 19.1. The van der Waals surface area contributed by atoms with E-state index in [4.69, 9.17) is 0 Å². The van der Waals surface area contributed by atoms with Gasteiger partial charge in [-0.15, -0.1) is 0 Å². The van der Waals surface area contributed by atoms with Crippen LogP contribution >= 0.6 is 0 Å². The lowest BCUT2D eigenvalue weighted by molar-refractivity contribution is 0.384. The van der Waals surface area contributed by atoms with Crippen molar-refractivity contribution in [3.63, 3.8) is 0 Å². The van der Waals surface area contributed by atoms with Gasteiger partial charge in [0.25, 0.3) is 0 Å². The Kier molecular flexibility index (Phi) is 3.91. The van der Waals surface area contributed by atoms with Crippen LogP contribution in [0.2, 0.25) is 0 Å². The minimum absolute atomic E-state index is 0.0959. The Bertz CT molecular complexity index is 346. The second-order valence-electron chi connectivity index (χ2n) is 4.50. The van der Waals surface area contributed by atoms with Crippen LogP contribution in [0.15, 0.2) is 18.2 Å². The molecule has 0 spiro atoms. The average molecular weight is 222 g/mol. The van der Waals surface area contributed by atoms with Gasteiger partial charge in [-0.3, -0.25) is 0 Å². The predicted octanol–water partition coefficient (Wildman–Crippen LogP) is 1.98. The topological polar surface area (TPSA) is 24.1 Å². The predicted molar refractivity (Wildman–Crippen MR) is 63.9 cm³/mol. The van der Waals surface area contributed by atoms with Crippen LogP contribution in [-0.2, 0) is 6.54 Å². The molecular formula is C13H19FN2. The summed E-state index contributed by atoms with van der Waals surface area (Å²) in [4.78, 5) is 0. The number of benzene rings is 1. The monoisotopic (exact) mass is 222 g/mol. The Morgan fingerprint density at radius 1 is 1.38 bits per heavy atom. The average Bonchev–Trinajstić information content (AvgIpc) is 2.29. The zero-order valence-corrected chi connectivity index (χ0v) is 9.72. The number of hydrogen-bond donors (Lipinski definition) is 2. The summed E-state index contributed by atoms with van der Waals surface area (Å²) in [7, 11) is 0. The van der Waals surface area contributed by atoms with Gasteiger partial charge >= 0.3 is 0 Å². The molecule has 1 aliphatic rings. The van der Waals surface area contributed by atoms with Crippen molar-refractivity contribution in [1.82, 2.24) is 10.6 Å². The Morgan fingerprint density at radius 2 is 2.12 bits per heavy atom. The van der Waals surface area contributed by atoms with Gasteiger partial charge in [0, 0.05) is 18.2 Å². The first-order valence-electron chi connectivity index (χ1n) is 5.95. The summed E-state index contributed by atoms with van der Waals surface area (Å²) in [5.74, 6) is -0.0959. The summed E-state index contributed by atoms with van der Waals surface area (Å²) in [6.45, 7) is 4.67.